The summed E-state index contributed by atoms with van der Waals surface area (Å²) in [6, 6.07) is 17.1. The van der Waals surface area contributed by atoms with Gasteiger partial charge in [0, 0.05) is 36.3 Å². The highest BCUT2D eigenvalue weighted by molar-refractivity contribution is 5.95. The lowest BCUT2D eigenvalue weighted by Crippen LogP contribution is -2.46. The molecule has 1 heterocycles. The molecule has 39 heavy (non-hydrogen) atoms. The first-order valence-electron chi connectivity index (χ1n) is 12.5. The highest BCUT2D eigenvalue weighted by Crippen LogP contribution is 2.22. The lowest BCUT2D eigenvalue weighted by atomic mass is 10.0. The predicted octanol–water partition coefficient (Wildman–Crippen LogP) is 5.49. The maximum atomic E-state index is 13.7. The second-order valence-electron chi connectivity index (χ2n) is 9.45. The van der Waals surface area contributed by atoms with E-state index in [-0.39, 0.29) is 37.8 Å². The molecule has 0 aliphatic carbocycles. The third kappa shape index (κ3) is 7.95. The average Bonchev–Trinajstić information content (AvgIpc) is 3.33. The van der Waals surface area contributed by atoms with Crippen LogP contribution in [0.15, 0.2) is 77.4 Å². The number of halogens is 3. The minimum absolute atomic E-state index is 0. The summed E-state index contributed by atoms with van der Waals surface area (Å²) in [6.45, 7) is 4.04. The van der Waals surface area contributed by atoms with E-state index >= 15 is 0 Å². The normalized spacial score (nSPS) is 12.5. The molecule has 0 radical (unpaired) electrons. The Morgan fingerprint density at radius 1 is 1.03 bits per heavy atom. The van der Waals surface area contributed by atoms with Crippen molar-refractivity contribution in [2.75, 3.05) is 6.54 Å². The summed E-state index contributed by atoms with van der Waals surface area (Å²) in [6.07, 6.45) is 1.29. The molecule has 0 unspecified atom stereocenters. The Morgan fingerprint density at radius 3 is 2.38 bits per heavy atom. The fourth-order valence-corrected chi connectivity index (χ4v) is 4.34. The van der Waals surface area contributed by atoms with Crippen molar-refractivity contribution < 1.29 is 23.1 Å². The van der Waals surface area contributed by atoms with Gasteiger partial charge in [0.2, 0.25) is 5.89 Å². The van der Waals surface area contributed by atoms with E-state index in [1.165, 1.54) is 17.0 Å². The molecule has 3 N–H and O–H groups in total. The van der Waals surface area contributed by atoms with E-state index in [0.29, 0.717) is 22.6 Å². The Morgan fingerprint density at radius 2 is 1.72 bits per heavy atom. The van der Waals surface area contributed by atoms with E-state index in [2.05, 4.69) is 11.9 Å². The Hall–Kier alpha value is -3.59. The second kappa shape index (κ2) is 13.5. The van der Waals surface area contributed by atoms with Crippen molar-refractivity contribution in [3.05, 3.63) is 113 Å². The summed E-state index contributed by atoms with van der Waals surface area (Å²) >= 11 is 0. The molecule has 206 valence electrons. The standard InChI is InChI=1S/C30H31F2N3O3.ClH/c1-3-20-6-4-7-21(10-20)16-35(17-28(36)27(33)13-22-11-25(31)15-26(32)12-22)30(37)24-9-5-8-23(14-24)29-34-19(2)18-38-29;/h4-12,14-15,18,27-28,36H,3,13,16-17,33H2,1-2H3;1H/t27-,28+;/m0./s1. The van der Waals surface area contributed by atoms with Gasteiger partial charge in [0.15, 0.2) is 0 Å². The van der Waals surface area contributed by atoms with E-state index in [0.717, 1.165) is 29.3 Å². The van der Waals surface area contributed by atoms with Crippen molar-refractivity contribution in [3.63, 3.8) is 0 Å². The van der Waals surface area contributed by atoms with Crippen LogP contribution in [-0.4, -0.2) is 39.6 Å². The lowest BCUT2D eigenvalue weighted by molar-refractivity contribution is 0.0554. The molecule has 0 spiro atoms. The summed E-state index contributed by atoms with van der Waals surface area (Å²) in [5.41, 5.74) is 10.4. The topological polar surface area (TPSA) is 92.6 Å². The average molecular weight is 556 g/mol. The fourth-order valence-electron chi connectivity index (χ4n) is 4.34. The zero-order valence-corrected chi connectivity index (χ0v) is 22.6. The van der Waals surface area contributed by atoms with Gasteiger partial charge in [-0.3, -0.25) is 4.79 Å². The number of carbonyl (C=O) groups excluding carboxylic acids is 1. The van der Waals surface area contributed by atoms with Crippen LogP contribution in [0.1, 0.15) is 39.7 Å². The first kappa shape index (κ1) is 30.0. The quantitative estimate of drug-likeness (QED) is 0.270. The van der Waals surface area contributed by atoms with Gasteiger partial charge in [-0.15, -0.1) is 12.4 Å². The number of aryl methyl sites for hydroxylation is 2. The fraction of sp³-hybridized carbons (Fsp3) is 0.267. The summed E-state index contributed by atoms with van der Waals surface area (Å²) in [5, 5.41) is 11.0. The number of nitrogens with two attached hydrogens (primary N) is 1. The van der Waals surface area contributed by atoms with Gasteiger partial charge in [-0.1, -0.05) is 37.3 Å². The van der Waals surface area contributed by atoms with E-state index in [4.69, 9.17) is 10.2 Å². The van der Waals surface area contributed by atoms with Gasteiger partial charge >= 0.3 is 0 Å². The Balaban J connectivity index is 0.00000420. The van der Waals surface area contributed by atoms with Gasteiger partial charge in [0.05, 0.1) is 11.8 Å². The number of benzene rings is 3. The minimum Gasteiger partial charge on any atom is -0.444 e. The molecule has 6 nitrogen and oxygen atoms in total. The van der Waals surface area contributed by atoms with E-state index in [1.54, 1.807) is 30.5 Å². The van der Waals surface area contributed by atoms with E-state index in [9.17, 15) is 18.7 Å². The molecule has 9 heteroatoms. The highest BCUT2D eigenvalue weighted by Gasteiger charge is 2.24. The molecule has 0 saturated heterocycles. The molecule has 4 aromatic rings. The van der Waals surface area contributed by atoms with Crippen molar-refractivity contribution in [2.24, 2.45) is 5.73 Å². The largest absolute Gasteiger partial charge is 0.444 e. The summed E-state index contributed by atoms with van der Waals surface area (Å²) in [5.74, 6) is -1.32. The third-order valence-electron chi connectivity index (χ3n) is 6.33. The maximum absolute atomic E-state index is 13.7. The van der Waals surface area contributed by atoms with Crippen LogP contribution in [0.4, 0.5) is 8.78 Å². The first-order valence-corrected chi connectivity index (χ1v) is 12.5. The minimum atomic E-state index is -1.14. The molecule has 3 aromatic carbocycles. The van der Waals surface area contributed by atoms with Gasteiger partial charge in [-0.2, -0.15) is 0 Å². The van der Waals surface area contributed by atoms with Crippen LogP contribution in [0.2, 0.25) is 0 Å². The molecule has 2 atom stereocenters. The number of rotatable bonds is 10. The number of nitrogens with zero attached hydrogens (tertiary/aromatic N) is 2. The molecule has 1 amide bonds. The number of aromatic nitrogens is 1. The van der Waals surface area contributed by atoms with Gasteiger partial charge in [-0.05, 0) is 66.8 Å². The summed E-state index contributed by atoms with van der Waals surface area (Å²) in [7, 11) is 0. The molecule has 0 bridgehead atoms. The predicted molar refractivity (Wildman–Crippen MR) is 149 cm³/mol. The van der Waals surface area contributed by atoms with Crippen LogP contribution < -0.4 is 5.73 Å². The summed E-state index contributed by atoms with van der Waals surface area (Å²) < 4.78 is 32.8. The Labute approximate surface area is 232 Å². The number of amides is 1. The smallest absolute Gasteiger partial charge is 0.254 e. The molecule has 1 aromatic heterocycles. The molecule has 0 fully saturated rings. The molecule has 0 saturated carbocycles. The lowest BCUT2D eigenvalue weighted by Gasteiger charge is -2.28. The number of hydrogen-bond acceptors (Lipinski definition) is 5. The number of aliphatic hydroxyl groups excluding tert-OH is 1. The number of aliphatic hydroxyl groups is 1. The van der Waals surface area contributed by atoms with Crippen LogP contribution in [0.3, 0.4) is 0 Å². The number of hydrogen-bond donors (Lipinski definition) is 2. The van der Waals surface area contributed by atoms with Crippen molar-refractivity contribution >= 4 is 18.3 Å². The molecule has 0 aliphatic rings. The van der Waals surface area contributed by atoms with E-state index < -0.39 is 23.8 Å². The summed E-state index contributed by atoms with van der Waals surface area (Å²) in [4.78, 5) is 19.6. The molecule has 0 aliphatic heterocycles. The van der Waals surface area contributed by atoms with Gasteiger partial charge in [0.1, 0.15) is 17.9 Å². The van der Waals surface area contributed by atoms with Crippen LogP contribution in [0.25, 0.3) is 11.5 Å². The monoisotopic (exact) mass is 555 g/mol. The Kier molecular flexibility index (Phi) is 10.3. The maximum Gasteiger partial charge on any atom is 0.254 e. The molecular formula is C30H32ClF2N3O3. The number of carbonyl (C=O) groups is 1. The van der Waals surface area contributed by atoms with Gasteiger partial charge in [-0.25, -0.2) is 13.8 Å². The van der Waals surface area contributed by atoms with Crippen LogP contribution >= 0.6 is 12.4 Å². The van der Waals surface area contributed by atoms with Crippen LogP contribution in [0, 0.1) is 18.6 Å². The van der Waals surface area contributed by atoms with E-state index in [1.807, 2.05) is 31.2 Å². The van der Waals surface area contributed by atoms with Crippen LogP contribution in [0.5, 0.6) is 0 Å². The van der Waals surface area contributed by atoms with Gasteiger partial charge < -0.3 is 20.2 Å². The van der Waals surface area contributed by atoms with Crippen molar-refractivity contribution in [1.82, 2.24) is 9.88 Å². The Bertz CT molecular complexity index is 1390. The number of oxazole rings is 1. The first-order chi connectivity index (χ1) is 18.2. The highest BCUT2D eigenvalue weighted by atomic mass is 35.5. The van der Waals surface area contributed by atoms with Crippen molar-refractivity contribution in [2.45, 2.75) is 45.4 Å². The van der Waals surface area contributed by atoms with Crippen LogP contribution in [-0.2, 0) is 19.4 Å². The molecule has 4 rings (SSSR count). The zero-order chi connectivity index (χ0) is 27.2. The zero-order valence-electron chi connectivity index (χ0n) is 21.8. The van der Waals surface area contributed by atoms with Crippen molar-refractivity contribution in [3.8, 4) is 11.5 Å². The SMILES string of the molecule is CCc1cccc(CN(C[C@@H](O)[C@@H](N)Cc2cc(F)cc(F)c2)C(=O)c2cccc(-c3nc(C)co3)c2)c1.Cl. The third-order valence-corrected chi connectivity index (χ3v) is 6.33. The second-order valence-corrected chi connectivity index (χ2v) is 9.45. The van der Waals surface area contributed by atoms with Crippen molar-refractivity contribution in [1.29, 1.82) is 0 Å². The van der Waals surface area contributed by atoms with Gasteiger partial charge in [0.25, 0.3) is 5.91 Å². The molecular weight excluding hydrogens is 524 g/mol.